The van der Waals surface area contributed by atoms with E-state index in [0.29, 0.717) is 23.1 Å². The van der Waals surface area contributed by atoms with Crippen molar-refractivity contribution in [3.05, 3.63) is 23.2 Å². The van der Waals surface area contributed by atoms with E-state index >= 15 is 0 Å². The van der Waals surface area contributed by atoms with Gasteiger partial charge in [-0.2, -0.15) is 0 Å². The van der Waals surface area contributed by atoms with Crippen LogP contribution in [0.25, 0.3) is 0 Å². The van der Waals surface area contributed by atoms with Crippen LogP contribution in [-0.4, -0.2) is 32.4 Å². The average Bonchev–Trinajstić information content (AvgIpc) is 2.32. The Balaban J connectivity index is 1.91. The molecule has 1 saturated heterocycles. The number of rotatable bonds is 3. The van der Waals surface area contributed by atoms with Crippen molar-refractivity contribution in [1.29, 1.82) is 0 Å². The van der Waals surface area contributed by atoms with Gasteiger partial charge >= 0.3 is 0 Å². The van der Waals surface area contributed by atoms with Crippen molar-refractivity contribution in [3.8, 4) is 5.75 Å². The Kier molecular flexibility index (Phi) is 3.88. The zero-order valence-corrected chi connectivity index (χ0v) is 9.67. The van der Waals surface area contributed by atoms with Gasteiger partial charge in [-0.05, 0) is 12.1 Å². The number of nitrogen functional groups attached to an aromatic ring is 1. The number of hydrogen-bond donors (Lipinski definition) is 2. The molecule has 16 heavy (non-hydrogen) atoms. The van der Waals surface area contributed by atoms with E-state index in [1.165, 1.54) is 0 Å². The molecule has 0 aromatic heterocycles. The zero-order valence-electron chi connectivity index (χ0n) is 8.91. The Hall–Kier alpha value is -0.970. The van der Waals surface area contributed by atoms with Gasteiger partial charge in [0.2, 0.25) is 0 Å². The highest BCUT2D eigenvalue weighted by molar-refractivity contribution is 6.33. The van der Waals surface area contributed by atoms with Gasteiger partial charge in [0.25, 0.3) is 0 Å². The van der Waals surface area contributed by atoms with Gasteiger partial charge in [-0.25, -0.2) is 0 Å². The van der Waals surface area contributed by atoms with Crippen LogP contribution in [0.2, 0.25) is 5.02 Å². The van der Waals surface area contributed by atoms with Crippen LogP contribution in [-0.2, 0) is 4.74 Å². The Morgan fingerprint density at radius 2 is 2.44 bits per heavy atom. The summed E-state index contributed by atoms with van der Waals surface area (Å²) in [5, 5.41) is 3.75. The molecule has 0 saturated carbocycles. The van der Waals surface area contributed by atoms with E-state index in [-0.39, 0.29) is 6.10 Å². The van der Waals surface area contributed by atoms with Crippen molar-refractivity contribution in [3.63, 3.8) is 0 Å². The lowest BCUT2D eigenvalue weighted by atomic mass is 10.3. The SMILES string of the molecule is Nc1c(Cl)cccc1OCC1CNCCO1. The highest BCUT2D eigenvalue weighted by atomic mass is 35.5. The van der Waals surface area contributed by atoms with Gasteiger partial charge in [-0.15, -0.1) is 0 Å². The molecule has 88 valence electrons. The predicted octanol–water partition coefficient (Wildman–Crippen LogP) is 1.29. The van der Waals surface area contributed by atoms with Gasteiger partial charge in [0.15, 0.2) is 0 Å². The maximum Gasteiger partial charge on any atom is 0.143 e. The van der Waals surface area contributed by atoms with Crippen molar-refractivity contribution in [2.24, 2.45) is 0 Å². The fraction of sp³-hybridized carbons (Fsp3) is 0.455. The second kappa shape index (κ2) is 5.39. The lowest BCUT2D eigenvalue weighted by Gasteiger charge is -2.23. The lowest BCUT2D eigenvalue weighted by Crippen LogP contribution is -2.41. The zero-order chi connectivity index (χ0) is 11.4. The van der Waals surface area contributed by atoms with E-state index in [4.69, 9.17) is 26.8 Å². The molecule has 0 bridgehead atoms. The van der Waals surface area contributed by atoms with E-state index in [9.17, 15) is 0 Å². The van der Waals surface area contributed by atoms with Crippen LogP contribution in [0.1, 0.15) is 0 Å². The number of nitrogens with two attached hydrogens (primary N) is 1. The number of ether oxygens (including phenoxy) is 2. The standard InChI is InChI=1S/C11H15ClN2O2/c12-9-2-1-3-10(11(9)13)16-7-8-6-14-4-5-15-8/h1-3,8,14H,4-7,13H2. The summed E-state index contributed by atoms with van der Waals surface area (Å²) in [7, 11) is 0. The highest BCUT2D eigenvalue weighted by Gasteiger charge is 2.14. The first-order valence-corrected chi connectivity index (χ1v) is 5.64. The molecule has 2 rings (SSSR count). The summed E-state index contributed by atoms with van der Waals surface area (Å²) in [6.07, 6.45) is 0.0760. The molecular weight excluding hydrogens is 228 g/mol. The van der Waals surface area contributed by atoms with Gasteiger partial charge in [-0.1, -0.05) is 17.7 Å². The summed E-state index contributed by atoms with van der Waals surface area (Å²) < 4.78 is 11.1. The maximum absolute atomic E-state index is 5.89. The quantitative estimate of drug-likeness (QED) is 0.785. The van der Waals surface area contributed by atoms with Crippen molar-refractivity contribution >= 4 is 17.3 Å². The van der Waals surface area contributed by atoms with Crippen molar-refractivity contribution in [2.75, 3.05) is 32.0 Å². The first-order chi connectivity index (χ1) is 7.77. The second-order valence-corrected chi connectivity index (χ2v) is 4.07. The smallest absolute Gasteiger partial charge is 0.143 e. The number of hydrogen-bond acceptors (Lipinski definition) is 4. The molecule has 5 heteroatoms. The van der Waals surface area contributed by atoms with Crippen molar-refractivity contribution in [2.45, 2.75) is 6.10 Å². The fourth-order valence-corrected chi connectivity index (χ4v) is 1.72. The number of halogens is 1. The Morgan fingerprint density at radius 3 is 3.19 bits per heavy atom. The Labute approximate surface area is 99.7 Å². The molecule has 3 N–H and O–H groups in total. The van der Waals surface area contributed by atoms with Crippen LogP contribution in [0.3, 0.4) is 0 Å². The summed E-state index contributed by atoms with van der Waals surface area (Å²) in [5.41, 5.74) is 6.26. The molecule has 1 aromatic rings. The monoisotopic (exact) mass is 242 g/mol. The van der Waals surface area contributed by atoms with Gasteiger partial charge in [0.05, 0.1) is 17.3 Å². The number of morpholine rings is 1. The molecule has 4 nitrogen and oxygen atoms in total. The third kappa shape index (κ3) is 2.78. The number of benzene rings is 1. The summed E-state index contributed by atoms with van der Waals surface area (Å²) in [6, 6.07) is 5.36. The molecular formula is C11H15ClN2O2. The van der Waals surface area contributed by atoms with Crippen LogP contribution in [0, 0.1) is 0 Å². The minimum absolute atomic E-state index is 0.0760. The van der Waals surface area contributed by atoms with E-state index < -0.39 is 0 Å². The molecule has 1 aromatic carbocycles. The topological polar surface area (TPSA) is 56.5 Å². The molecule has 0 aliphatic carbocycles. The highest BCUT2D eigenvalue weighted by Crippen LogP contribution is 2.28. The largest absolute Gasteiger partial charge is 0.489 e. The maximum atomic E-state index is 5.89. The lowest BCUT2D eigenvalue weighted by molar-refractivity contribution is 0.000358. The second-order valence-electron chi connectivity index (χ2n) is 3.66. The van der Waals surface area contributed by atoms with Crippen molar-refractivity contribution < 1.29 is 9.47 Å². The number of para-hydroxylation sites is 1. The molecule has 1 unspecified atom stereocenters. The van der Waals surface area contributed by atoms with Crippen LogP contribution >= 0.6 is 11.6 Å². The molecule has 1 aliphatic rings. The van der Waals surface area contributed by atoms with Gasteiger partial charge in [-0.3, -0.25) is 0 Å². The molecule has 0 amide bonds. The normalized spacial score (nSPS) is 20.7. The summed E-state index contributed by atoms with van der Waals surface area (Å²) in [5.74, 6) is 0.613. The van der Waals surface area contributed by atoms with Gasteiger partial charge < -0.3 is 20.5 Å². The van der Waals surface area contributed by atoms with E-state index in [2.05, 4.69) is 5.32 Å². The van der Waals surface area contributed by atoms with Crippen molar-refractivity contribution in [1.82, 2.24) is 5.32 Å². The van der Waals surface area contributed by atoms with E-state index in [1.54, 1.807) is 12.1 Å². The van der Waals surface area contributed by atoms with Gasteiger partial charge in [0.1, 0.15) is 18.5 Å². The first-order valence-electron chi connectivity index (χ1n) is 5.26. The summed E-state index contributed by atoms with van der Waals surface area (Å²) in [6.45, 7) is 2.91. The number of nitrogens with one attached hydrogen (secondary N) is 1. The molecule has 1 atom stereocenters. The molecule has 1 heterocycles. The van der Waals surface area contributed by atoms with Crippen LogP contribution in [0.15, 0.2) is 18.2 Å². The fourth-order valence-electron chi connectivity index (χ4n) is 1.55. The average molecular weight is 243 g/mol. The minimum atomic E-state index is 0.0760. The third-order valence-electron chi connectivity index (χ3n) is 2.44. The van der Waals surface area contributed by atoms with Gasteiger partial charge in [0, 0.05) is 13.1 Å². The van der Waals surface area contributed by atoms with E-state index in [1.807, 2.05) is 6.07 Å². The molecule has 1 fully saturated rings. The molecule has 0 spiro atoms. The minimum Gasteiger partial charge on any atom is -0.489 e. The Bertz CT molecular complexity index is 354. The van der Waals surface area contributed by atoms with Crippen LogP contribution in [0.5, 0.6) is 5.75 Å². The summed E-state index contributed by atoms with van der Waals surface area (Å²) in [4.78, 5) is 0. The Morgan fingerprint density at radius 1 is 1.56 bits per heavy atom. The summed E-state index contributed by atoms with van der Waals surface area (Å²) >= 11 is 5.89. The van der Waals surface area contributed by atoms with Crippen LogP contribution < -0.4 is 15.8 Å². The third-order valence-corrected chi connectivity index (χ3v) is 2.77. The van der Waals surface area contributed by atoms with Crippen LogP contribution in [0.4, 0.5) is 5.69 Å². The van der Waals surface area contributed by atoms with E-state index in [0.717, 1.165) is 19.7 Å². The first kappa shape index (κ1) is 11.5. The number of anilines is 1. The predicted molar refractivity (Wildman–Crippen MR) is 64.0 cm³/mol. The molecule has 0 radical (unpaired) electrons. The molecule has 1 aliphatic heterocycles.